The van der Waals surface area contributed by atoms with Crippen LogP contribution < -0.4 is 5.32 Å². The van der Waals surface area contributed by atoms with Gasteiger partial charge in [0, 0.05) is 18.8 Å². The molecule has 0 radical (unpaired) electrons. The van der Waals surface area contributed by atoms with E-state index in [1.807, 2.05) is 11.0 Å². The predicted octanol–water partition coefficient (Wildman–Crippen LogP) is 2.54. The highest BCUT2D eigenvalue weighted by molar-refractivity contribution is 6.13. The fourth-order valence-electron chi connectivity index (χ4n) is 3.09. The number of rotatable bonds is 3. The quantitative estimate of drug-likeness (QED) is 0.872. The van der Waals surface area contributed by atoms with E-state index in [4.69, 9.17) is 5.26 Å². The largest absolute Gasteiger partial charge is 0.342 e. The molecule has 1 saturated carbocycles. The third-order valence-corrected chi connectivity index (χ3v) is 4.91. The number of piperidine rings is 1. The molecule has 1 saturated heterocycles. The molecule has 0 atom stereocenters. The van der Waals surface area contributed by atoms with E-state index in [1.54, 1.807) is 24.3 Å². The van der Waals surface area contributed by atoms with E-state index in [0.717, 1.165) is 25.9 Å². The van der Waals surface area contributed by atoms with Crippen molar-refractivity contribution >= 4 is 17.5 Å². The molecule has 1 aromatic carbocycles. The highest BCUT2D eigenvalue weighted by Crippen LogP contribution is 2.48. The van der Waals surface area contributed by atoms with Gasteiger partial charge in [-0.05, 0) is 49.8 Å². The van der Waals surface area contributed by atoms with E-state index in [2.05, 4.69) is 12.2 Å². The predicted molar refractivity (Wildman–Crippen MR) is 86.4 cm³/mol. The first-order valence-corrected chi connectivity index (χ1v) is 8.16. The fourth-order valence-corrected chi connectivity index (χ4v) is 3.09. The van der Waals surface area contributed by atoms with Crippen molar-refractivity contribution in [1.29, 1.82) is 5.26 Å². The number of hydrogen-bond donors (Lipinski definition) is 1. The second-order valence-electron chi connectivity index (χ2n) is 6.70. The van der Waals surface area contributed by atoms with Crippen molar-refractivity contribution in [3.63, 3.8) is 0 Å². The van der Waals surface area contributed by atoms with Crippen molar-refractivity contribution in [2.24, 2.45) is 11.3 Å². The lowest BCUT2D eigenvalue weighted by Gasteiger charge is -2.32. The first-order valence-electron chi connectivity index (χ1n) is 8.16. The van der Waals surface area contributed by atoms with Crippen LogP contribution in [0.15, 0.2) is 24.3 Å². The van der Waals surface area contributed by atoms with Crippen molar-refractivity contribution in [2.45, 2.75) is 32.6 Å². The molecule has 2 amide bonds. The molecule has 1 heterocycles. The van der Waals surface area contributed by atoms with Gasteiger partial charge in [-0.15, -0.1) is 0 Å². The Bertz CT molecular complexity index is 665. The van der Waals surface area contributed by atoms with Crippen LogP contribution in [0.1, 0.15) is 38.2 Å². The zero-order valence-corrected chi connectivity index (χ0v) is 13.3. The lowest BCUT2D eigenvalue weighted by Crippen LogP contribution is -2.46. The third-order valence-electron chi connectivity index (χ3n) is 4.91. The van der Waals surface area contributed by atoms with Gasteiger partial charge in [0.05, 0.1) is 11.6 Å². The van der Waals surface area contributed by atoms with Gasteiger partial charge < -0.3 is 10.2 Å². The Hall–Kier alpha value is -2.35. The van der Waals surface area contributed by atoms with Gasteiger partial charge in [0.25, 0.3) is 0 Å². The molecule has 2 fully saturated rings. The number of anilines is 1. The molecule has 0 unspecified atom stereocenters. The minimum atomic E-state index is -0.886. The van der Waals surface area contributed by atoms with E-state index >= 15 is 0 Å². The molecular weight excluding hydrogens is 290 g/mol. The number of nitrogens with one attached hydrogen (secondary N) is 1. The van der Waals surface area contributed by atoms with Crippen LogP contribution in [0.3, 0.4) is 0 Å². The summed E-state index contributed by atoms with van der Waals surface area (Å²) in [6.45, 7) is 3.70. The summed E-state index contributed by atoms with van der Waals surface area (Å²) in [5.74, 6) is 0.381. The zero-order valence-electron chi connectivity index (χ0n) is 13.3. The number of benzene rings is 1. The summed E-state index contributed by atoms with van der Waals surface area (Å²) >= 11 is 0. The molecule has 1 aromatic rings. The van der Waals surface area contributed by atoms with Crippen LogP contribution in [0.4, 0.5) is 5.69 Å². The standard InChI is InChI=1S/C18H21N3O2/c1-13-5-9-21(10-6-13)17(23)18(7-8-18)16(22)20-15-4-2-3-14(11-15)12-19/h2-4,11,13H,5-10H2,1H3,(H,20,22). The summed E-state index contributed by atoms with van der Waals surface area (Å²) in [6, 6.07) is 8.82. The molecule has 3 rings (SSSR count). The van der Waals surface area contributed by atoms with Crippen LogP contribution in [-0.2, 0) is 9.59 Å². The first kappa shape index (κ1) is 15.5. The maximum Gasteiger partial charge on any atom is 0.240 e. The molecular formula is C18H21N3O2. The fraction of sp³-hybridized carbons (Fsp3) is 0.500. The second kappa shape index (κ2) is 6.04. The van der Waals surface area contributed by atoms with Crippen LogP contribution in [-0.4, -0.2) is 29.8 Å². The van der Waals surface area contributed by atoms with Crippen LogP contribution in [0.5, 0.6) is 0 Å². The molecule has 0 spiro atoms. The average molecular weight is 311 g/mol. The first-order chi connectivity index (χ1) is 11.0. The zero-order chi connectivity index (χ0) is 16.4. The number of nitriles is 1. The SMILES string of the molecule is CC1CCN(C(=O)C2(C(=O)Nc3cccc(C#N)c3)CC2)CC1. The summed E-state index contributed by atoms with van der Waals surface area (Å²) < 4.78 is 0. The van der Waals surface area contributed by atoms with Gasteiger partial charge in [-0.2, -0.15) is 5.26 Å². The van der Waals surface area contributed by atoms with Gasteiger partial charge in [-0.25, -0.2) is 0 Å². The number of nitrogens with zero attached hydrogens (tertiary/aromatic N) is 2. The van der Waals surface area contributed by atoms with Crippen molar-refractivity contribution in [3.05, 3.63) is 29.8 Å². The van der Waals surface area contributed by atoms with Gasteiger partial charge >= 0.3 is 0 Å². The maximum atomic E-state index is 12.8. The van der Waals surface area contributed by atoms with Crippen LogP contribution in [0, 0.1) is 22.7 Å². The molecule has 2 aliphatic rings. The van der Waals surface area contributed by atoms with Gasteiger partial charge in [0.2, 0.25) is 11.8 Å². The molecule has 23 heavy (non-hydrogen) atoms. The highest BCUT2D eigenvalue weighted by atomic mass is 16.2. The Labute approximate surface area is 136 Å². The minimum absolute atomic E-state index is 0.0293. The van der Waals surface area contributed by atoms with Crippen LogP contribution in [0.2, 0.25) is 0 Å². The summed E-state index contributed by atoms with van der Waals surface area (Å²) in [4.78, 5) is 27.2. The molecule has 1 N–H and O–H groups in total. The molecule has 0 bridgehead atoms. The number of amides is 2. The highest BCUT2D eigenvalue weighted by Gasteiger charge is 2.58. The number of likely N-dealkylation sites (tertiary alicyclic amines) is 1. The van der Waals surface area contributed by atoms with Crippen LogP contribution in [0.25, 0.3) is 0 Å². The van der Waals surface area contributed by atoms with E-state index in [1.165, 1.54) is 0 Å². The van der Waals surface area contributed by atoms with E-state index in [9.17, 15) is 9.59 Å². The molecule has 1 aliphatic heterocycles. The third kappa shape index (κ3) is 3.07. The van der Waals surface area contributed by atoms with Gasteiger partial charge in [-0.1, -0.05) is 13.0 Å². The number of hydrogen-bond acceptors (Lipinski definition) is 3. The van der Waals surface area contributed by atoms with Gasteiger partial charge in [-0.3, -0.25) is 9.59 Å². The minimum Gasteiger partial charge on any atom is -0.342 e. The Kier molecular flexibility index (Phi) is 4.08. The molecule has 5 nitrogen and oxygen atoms in total. The topological polar surface area (TPSA) is 73.2 Å². The Morgan fingerprint density at radius 1 is 1.30 bits per heavy atom. The van der Waals surface area contributed by atoms with E-state index < -0.39 is 5.41 Å². The molecule has 5 heteroatoms. The smallest absolute Gasteiger partial charge is 0.240 e. The van der Waals surface area contributed by atoms with Crippen LogP contribution >= 0.6 is 0 Å². The normalized spacial score (nSPS) is 19.7. The lowest BCUT2D eigenvalue weighted by atomic mass is 9.96. The summed E-state index contributed by atoms with van der Waals surface area (Å²) in [7, 11) is 0. The van der Waals surface area contributed by atoms with Crippen molar-refractivity contribution < 1.29 is 9.59 Å². The van der Waals surface area contributed by atoms with E-state index in [-0.39, 0.29) is 11.8 Å². The van der Waals surface area contributed by atoms with Gasteiger partial charge in [0.15, 0.2) is 0 Å². The Balaban J connectivity index is 1.68. The molecule has 0 aromatic heterocycles. The molecule has 120 valence electrons. The maximum absolute atomic E-state index is 12.8. The summed E-state index contributed by atoms with van der Waals surface area (Å²) in [6.07, 6.45) is 3.24. The van der Waals surface area contributed by atoms with Crippen molar-refractivity contribution in [2.75, 3.05) is 18.4 Å². The number of carbonyl (C=O) groups is 2. The summed E-state index contributed by atoms with van der Waals surface area (Å²) in [5, 5.41) is 11.7. The Morgan fingerprint density at radius 3 is 2.61 bits per heavy atom. The second-order valence-corrected chi connectivity index (χ2v) is 6.70. The Morgan fingerprint density at radius 2 is 2.00 bits per heavy atom. The van der Waals surface area contributed by atoms with Crippen molar-refractivity contribution in [1.82, 2.24) is 4.90 Å². The average Bonchev–Trinajstić information content (AvgIpc) is 3.37. The van der Waals surface area contributed by atoms with Crippen molar-refractivity contribution in [3.8, 4) is 6.07 Å². The number of carbonyl (C=O) groups excluding carboxylic acids is 2. The molecule has 1 aliphatic carbocycles. The van der Waals surface area contributed by atoms with Gasteiger partial charge in [0.1, 0.15) is 5.41 Å². The lowest BCUT2D eigenvalue weighted by molar-refractivity contribution is -0.143. The monoisotopic (exact) mass is 311 g/mol. The van der Waals surface area contributed by atoms with E-state index in [0.29, 0.717) is 30.0 Å². The summed E-state index contributed by atoms with van der Waals surface area (Å²) in [5.41, 5.74) is 0.174.